The zero-order valence-electron chi connectivity index (χ0n) is 45.2. The Bertz CT molecular complexity index is 3620. The van der Waals surface area contributed by atoms with Crippen molar-refractivity contribution in [3.05, 3.63) is 116 Å². The molecule has 3 aliphatic rings. The van der Waals surface area contributed by atoms with Gasteiger partial charge in [0.05, 0.1) is 122 Å². The first-order chi connectivity index (χ1) is 39.0. The first kappa shape index (κ1) is 63.7. The van der Waals surface area contributed by atoms with Crippen LogP contribution in [0, 0.1) is 12.3 Å². The van der Waals surface area contributed by atoms with E-state index < -0.39 is 36.0 Å². The van der Waals surface area contributed by atoms with Gasteiger partial charge in [-0.2, -0.15) is 10.2 Å². The van der Waals surface area contributed by atoms with Crippen molar-refractivity contribution in [2.24, 2.45) is 21.9 Å². The predicted octanol–water partition coefficient (Wildman–Crippen LogP) is 6.01. The highest BCUT2D eigenvalue weighted by Crippen LogP contribution is 2.28. The molecule has 6 unspecified atom stereocenters. The zero-order valence-corrected chi connectivity index (χ0v) is 50.6. The van der Waals surface area contributed by atoms with Crippen molar-refractivity contribution in [1.29, 1.82) is 0 Å². The molecule has 0 spiro atoms. The molecule has 22 nitrogen and oxygen atoms in total. The Hall–Kier alpha value is -5.85. The van der Waals surface area contributed by atoms with Crippen LogP contribution in [0.15, 0.2) is 88.9 Å². The maximum atomic E-state index is 12.9. The smallest absolute Gasteiger partial charge is 0.410 e. The third-order valence-corrected chi connectivity index (χ3v) is 16.7. The van der Waals surface area contributed by atoms with Gasteiger partial charge in [-0.1, -0.05) is 40.7 Å². The fourth-order valence-electron chi connectivity index (χ4n) is 9.76. The van der Waals surface area contributed by atoms with Gasteiger partial charge in [-0.3, -0.25) is 32.9 Å². The number of nitrogens with zero attached hydrogens (tertiary/aromatic N) is 9. The van der Waals surface area contributed by atoms with Gasteiger partial charge in [0.25, 0.3) is 16.7 Å². The number of ether oxygens (including phenoxy) is 1. The van der Waals surface area contributed by atoms with Crippen molar-refractivity contribution in [1.82, 2.24) is 44.2 Å². The van der Waals surface area contributed by atoms with Crippen LogP contribution in [-0.4, -0.2) is 134 Å². The molecule has 9 rings (SSSR count). The lowest BCUT2D eigenvalue weighted by Crippen LogP contribution is -2.53. The summed E-state index contributed by atoms with van der Waals surface area (Å²) in [5.74, 6) is 13.4. The number of ketones is 1. The fourth-order valence-corrected chi connectivity index (χ4v) is 11.0. The van der Waals surface area contributed by atoms with Crippen LogP contribution in [0.2, 0.25) is 15.1 Å². The lowest BCUT2D eigenvalue weighted by Gasteiger charge is -2.39. The number of amides is 1. The van der Waals surface area contributed by atoms with Crippen molar-refractivity contribution in [3.63, 3.8) is 0 Å². The molecule has 27 heteroatoms. The third kappa shape index (κ3) is 16.3. The van der Waals surface area contributed by atoms with Gasteiger partial charge in [-0.25, -0.2) is 19.7 Å². The molecule has 9 N–H and O–H groups in total. The Labute approximate surface area is 503 Å². The van der Waals surface area contributed by atoms with Crippen molar-refractivity contribution in [2.75, 3.05) is 19.6 Å². The van der Waals surface area contributed by atoms with E-state index in [-0.39, 0.29) is 67.0 Å². The molecule has 6 atom stereocenters. The quantitative estimate of drug-likeness (QED) is 0.0319. The molecule has 1 amide bonds. The number of aliphatic hydroxyl groups is 3. The fraction of sp³-hybridized carbons (Fsp3) is 0.455. The Morgan fingerprint density at radius 3 is 1.59 bits per heavy atom. The molecule has 0 bridgehead atoms. The lowest BCUT2D eigenvalue weighted by atomic mass is 9.94. The summed E-state index contributed by atoms with van der Waals surface area (Å²) in [5.41, 5.74) is 1.52. The van der Waals surface area contributed by atoms with Gasteiger partial charge in [-0.15, -0.1) is 6.42 Å². The van der Waals surface area contributed by atoms with Crippen LogP contribution in [0.5, 0.6) is 0 Å². The summed E-state index contributed by atoms with van der Waals surface area (Å²) in [6.07, 6.45) is 12.7. The second-order valence-electron chi connectivity index (χ2n) is 21.1. The number of piperidine rings is 3. The monoisotopic (exact) mass is 1310 g/mol. The summed E-state index contributed by atoms with van der Waals surface area (Å²) in [6, 6.07) is 8.67. The first-order valence-electron chi connectivity index (χ1n) is 26.4. The van der Waals surface area contributed by atoms with Crippen molar-refractivity contribution >= 4 is 123 Å². The number of carbonyl (C=O) groups is 2. The van der Waals surface area contributed by atoms with Gasteiger partial charge in [0.15, 0.2) is 5.78 Å². The number of benzene rings is 3. The van der Waals surface area contributed by atoms with Crippen molar-refractivity contribution < 1.29 is 29.6 Å². The highest BCUT2D eigenvalue weighted by atomic mass is 79.9. The van der Waals surface area contributed by atoms with Gasteiger partial charge in [0.1, 0.15) is 5.60 Å². The summed E-state index contributed by atoms with van der Waals surface area (Å²) in [5, 5.41) is 46.9. The van der Waals surface area contributed by atoms with Crippen LogP contribution in [0.4, 0.5) is 4.79 Å². The molecule has 3 aliphatic heterocycles. The maximum Gasteiger partial charge on any atom is 0.410 e. The average molecular weight is 1320 g/mol. The SMILES string of the molecule is C#Cc1cc2ncn(CC(=O)CC3NCCCC3O)c(=O)c2cc1Cl.CC(C)(C)OC(=O)N1CCCC(O)C1C/C(Cn1cnc2cc(Br)c(Cl)cc2c1=O)=N/N.N/N=C(/CC1NCCCC1O)Cn1cnc2cc(Br)c(Cl)cc2c1=O. The largest absolute Gasteiger partial charge is 0.444 e. The third-order valence-electron chi connectivity index (χ3n) is 14.0. The second-order valence-corrected chi connectivity index (χ2v) is 24.1. The zero-order chi connectivity index (χ0) is 59.6. The van der Waals surface area contributed by atoms with Gasteiger partial charge in [0.2, 0.25) is 0 Å². The van der Waals surface area contributed by atoms with E-state index in [0.29, 0.717) is 106 Å². The number of Topliss-reactive ketones (excluding diaryl/α,β-unsaturated/α-hetero) is 1. The number of nitrogens with two attached hydrogens (primary N) is 2. The maximum absolute atomic E-state index is 12.9. The summed E-state index contributed by atoms with van der Waals surface area (Å²) >= 11 is 24.9. The number of nitrogens with one attached hydrogen (secondary N) is 2. The molecule has 3 aromatic carbocycles. The minimum absolute atomic E-state index is 0.0668. The number of hydrogen-bond acceptors (Lipinski definition) is 18. The summed E-state index contributed by atoms with van der Waals surface area (Å²) < 4.78 is 10.9. The van der Waals surface area contributed by atoms with Gasteiger partial charge in [-0.05, 0) is 141 Å². The van der Waals surface area contributed by atoms with Crippen LogP contribution in [0.25, 0.3) is 32.7 Å². The highest BCUT2D eigenvalue weighted by Gasteiger charge is 2.37. The molecule has 0 radical (unpaired) electrons. The molecule has 3 fully saturated rings. The first-order valence-corrected chi connectivity index (χ1v) is 29.1. The lowest BCUT2D eigenvalue weighted by molar-refractivity contribution is -0.121. The number of aliphatic hydroxyl groups excluding tert-OH is 3. The molecular weight excluding hydrogens is 1250 g/mol. The molecular formula is C55H64Br2Cl3N13O9. The van der Waals surface area contributed by atoms with Crippen molar-refractivity contribution in [2.45, 2.75) is 140 Å². The molecule has 6 aromatic rings. The standard InChI is InChI=1S/C21H27BrClN5O4.C18H18ClN3O3.C16H19BrClN5O2/c1-21(2,3)32-20(31)28-6-4-5-18(29)17(28)7-12(26-24)10-27-11-25-16-9-14(22)15(23)8-13(16)19(27)30;1-2-11-6-15-13(8-14(11)19)18(25)22(10-21-15)9-12(23)7-16-17(24)4-3-5-20-16;17-11-6-13-10(5-12(11)18)16(25)23(8-21-13)7-9(22-19)4-14-15(24)2-1-3-20-14/h8-9,11,17-18,29H,4-7,10,24H2,1-3H3;1,6,8,10,16-17,20,24H,3-5,7,9H2;5-6,8,14-15,20,24H,1-4,7,19H2/b26-12-;;22-9-. The molecule has 0 aliphatic carbocycles. The molecule has 3 saturated heterocycles. The van der Waals surface area contributed by atoms with E-state index in [1.165, 1.54) is 43.6 Å². The number of terminal acetylenes is 1. The Balaban J connectivity index is 0.000000179. The summed E-state index contributed by atoms with van der Waals surface area (Å²) in [7, 11) is 0. The second kappa shape index (κ2) is 28.6. The number of fused-ring (bicyclic) bond motifs is 3. The van der Waals surface area contributed by atoms with E-state index in [2.05, 4.69) is 73.6 Å². The molecule has 0 saturated carbocycles. The molecule has 438 valence electrons. The summed E-state index contributed by atoms with van der Waals surface area (Å²) in [4.78, 5) is 77.5. The molecule has 82 heavy (non-hydrogen) atoms. The minimum Gasteiger partial charge on any atom is -0.444 e. The van der Waals surface area contributed by atoms with Crippen LogP contribution >= 0.6 is 66.7 Å². The van der Waals surface area contributed by atoms with Crippen LogP contribution < -0.4 is 39.0 Å². The number of hydrogen-bond donors (Lipinski definition) is 7. The van der Waals surface area contributed by atoms with Crippen molar-refractivity contribution in [3.8, 4) is 12.3 Å². The number of aromatic nitrogens is 6. The topological polar surface area (TPSA) is 313 Å². The van der Waals surface area contributed by atoms with Crippen LogP contribution in [0.3, 0.4) is 0 Å². The predicted molar refractivity (Wildman–Crippen MR) is 325 cm³/mol. The highest BCUT2D eigenvalue weighted by molar-refractivity contribution is 9.10. The van der Waals surface area contributed by atoms with E-state index in [0.717, 1.165) is 32.4 Å². The van der Waals surface area contributed by atoms with E-state index in [4.69, 9.17) is 57.6 Å². The number of likely N-dealkylation sites (tertiary alicyclic amines) is 1. The van der Waals surface area contributed by atoms with Gasteiger partial charge < -0.3 is 47.3 Å². The minimum atomic E-state index is -0.754. The molecule has 3 aromatic heterocycles. The number of carbonyl (C=O) groups excluding carboxylic acids is 2. The normalized spacial score (nSPS) is 20.6. The molecule has 6 heterocycles. The van der Waals surface area contributed by atoms with E-state index in [1.54, 1.807) is 51.1 Å². The van der Waals surface area contributed by atoms with E-state index in [1.807, 2.05) is 0 Å². The summed E-state index contributed by atoms with van der Waals surface area (Å²) in [6.45, 7) is 7.65. The number of halogens is 5. The van der Waals surface area contributed by atoms with Gasteiger partial charge in [0, 0.05) is 52.4 Å². The Morgan fingerprint density at radius 2 is 1.12 bits per heavy atom. The van der Waals surface area contributed by atoms with E-state index in [9.17, 15) is 39.3 Å². The van der Waals surface area contributed by atoms with Gasteiger partial charge >= 0.3 is 6.09 Å². The Kier molecular flexibility index (Phi) is 22.2. The Morgan fingerprint density at radius 1 is 0.683 bits per heavy atom. The van der Waals surface area contributed by atoms with E-state index >= 15 is 0 Å². The average Bonchev–Trinajstić information content (AvgIpc) is 3.41. The number of rotatable bonds is 12. The number of hydrazone groups is 2. The van der Waals surface area contributed by atoms with Crippen LogP contribution in [0.1, 0.15) is 84.1 Å². The van der Waals surface area contributed by atoms with Crippen LogP contribution in [-0.2, 0) is 29.2 Å².